The van der Waals surface area contributed by atoms with Crippen molar-refractivity contribution >= 4 is 0 Å². The van der Waals surface area contributed by atoms with Gasteiger partial charge in [0.1, 0.15) is 19.6 Å². The summed E-state index contributed by atoms with van der Waals surface area (Å²) in [5.41, 5.74) is 0. The average Bonchev–Trinajstić information content (AvgIpc) is 2.17. The van der Waals surface area contributed by atoms with Gasteiger partial charge in [-0.1, -0.05) is 0 Å². The first-order valence-electron chi connectivity index (χ1n) is 2.74. The van der Waals surface area contributed by atoms with Gasteiger partial charge in [0.05, 0.1) is 0 Å². The maximum Gasteiger partial charge on any atom is 0.126 e. The minimum Gasteiger partial charge on any atom is -0.603 e. The van der Waals surface area contributed by atoms with Crippen LogP contribution < -0.4 is 0 Å². The Morgan fingerprint density at radius 1 is 1.75 bits per heavy atom. The molecule has 1 aliphatic heterocycles. The lowest BCUT2D eigenvalue weighted by Crippen LogP contribution is -2.34. The fourth-order valence-electron chi connectivity index (χ4n) is 0.627. The van der Waals surface area contributed by atoms with Gasteiger partial charge >= 0.3 is 0 Å². The van der Waals surface area contributed by atoms with Gasteiger partial charge in [0.15, 0.2) is 0 Å². The van der Waals surface area contributed by atoms with Crippen LogP contribution in [0.3, 0.4) is 0 Å². The first kappa shape index (κ1) is 5.65. The van der Waals surface area contributed by atoms with Gasteiger partial charge in [0, 0.05) is 5.22 Å². The lowest BCUT2D eigenvalue weighted by molar-refractivity contribution is -0.880. The summed E-state index contributed by atoms with van der Waals surface area (Å²) < 4.78 is -0.472. The van der Waals surface area contributed by atoms with Crippen LogP contribution in [0.5, 0.6) is 0 Å². The maximum absolute atomic E-state index is 10.9. The zero-order valence-corrected chi connectivity index (χ0v) is 4.87. The summed E-state index contributed by atoms with van der Waals surface area (Å²) in [6, 6.07) is 0. The van der Waals surface area contributed by atoms with Crippen LogP contribution in [-0.4, -0.2) is 24.4 Å². The molecule has 0 fully saturated rings. The van der Waals surface area contributed by atoms with E-state index < -0.39 is 4.76 Å². The van der Waals surface area contributed by atoms with E-state index in [0.29, 0.717) is 19.6 Å². The van der Waals surface area contributed by atoms with Gasteiger partial charge in [0.2, 0.25) is 0 Å². The van der Waals surface area contributed by atoms with Crippen molar-refractivity contribution in [2.75, 3.05) is 19.6 Å². The Labute approximate surface area is 48.0 Å². The summed E-state index contributed by atoms with van der Waals surface area (Å²) in [4.78, 5) is 0. The maximum atomic E-state index is 10.9. The Kier molecular flexibility index (Phi) is 1.27. The molecule has 0 saturated carbocycles. The van der Waals surface area contributed by atoms with E-state index >= 15 is 0 Å². The summed E-state index contributed by atoms with van der Waals surface area (Å²) in [5, 5.41) is 18.0. The monoisotopic (exact) mass is 115 g/mol. The molecule has 46 valence electrons. The van der Waals surface area contributed by atoms with E-state index in [0.717, 1.165) is 0 Å². The summed E-state index contributed by atoms with van der Waals surface area (Å²) in [7, 11) is 0. The van der Waals surface area contributed by atoms with Crippen LogP contribution in [0.25, 0.3) is 0 Å². The smallest absolute Gasteiger partial charge is 0.126 e. The minimum absolute atomic E-state index is 0.472. The second-order valence-electron chi connectivity index (χ2n) is 1.84. The Bertz CT molecular complexity index is 114. The van der Waals surface area contributed by atoms with Crippen molar-refractivity contribution in [3.05, 3.63) is 5.21 Å². The molecule has 1 atom stereocenters. The molecular weight excluding hydrogens is 106 g/mol. The molecule has 8 heavy (non-hydrogen) atoms. The molecule has 0 N–H and O–H groups in total. The fraction of sp³-hybridized carbons (Fsp3) is 1.00. The predicted molar refractivity (Wildman–Crippen MR) is 28.8 cm³/mol. The van der Waals surface area contributed by atoms with E-state index in [1.54, 1.807) is 0 Å². The molecule has 0 bridgehead atoms. The molecule has 1 heterocycles. The normalized spacial score (nSPS) is 36.2. The molecule has 0 aliphatic carbocycles. The number of hydrogen-bond acceptors (Lipinski definition) is 3. The highest BCUT2D eigenvalue weighted by Crippen LogP contribution is 2.10. The molecule has 4 nitrogen and oxygen atoms in total. The molecule has 0 saturated heterocycles. The lowest BCUT2D eigenvalue weighted by atomic mass is 10.6. The van der Waals surface area contributed by atoms with Crippen molar-refractivity contribution in [1.82, 2.24) is 0 Å². The molecule has 1 rings (SSSR count). The molecule has 1 unspecified atom stereocenters. The number of hydroxylamine groups is 2. The number of quaternary nitrogens is 1. The Morgan fingerprint density at radius 2 is 2.50 bits per heavy atom. The lowest BCUT2D eigenvalue weighted by Gasteiger charge is -2.27. The number of rotatable bonds is 1. The van der Waals surface area contributed by atoms with Crippen molar-refractivity contribution < 1.29 is 4.76 Å². The highest BCUT2D eigenvalue weighted by molar-refractivity contribution is 4.44. The summed E-state index contributed by atoms with van der Waals surface area (Å²) in [5.74, 6) is 0. The van der Waals surface area contributed by atoms with Crippen LogP contribution in [0, 0.1) is 5.21 Å². The van der Waals surface area contributed by atoms with Crippen molar-refractivity contribution in [3.63, 3.8) is 0 Å². The van der Waals surface area contributed by atoms with Gasteiger partial charge in [-0.25, -0.2) is 4.76 Å². The highest BCUT2D eigenvalue weighted by atomic mass is 16.6. The fourth-order valence-corrected chi connectivity index (χ4v) is 0.627. The molecule has 0 aromatic heterocycles. The van der Waals surface area contributed by atoms with Crippen LogP contribution in [0.1, 0.15) is 6.92 Å². The van der Waals surface area contributed by atoms with E-state index in [4.69, 9.17) is 0 Å². The largest absolute Gasteiger partial charge is 0.603 e. The van der Waals surface area contributed by atoms with Crippen molar-refractivity contribution in [3.8, 4) is 0 Å². The number of likely N-dealkylation sites (N-methyl/N-ethyl adjacent to an activating group) is 1. The quantitative estimate of drug-likeness (QED) is 0.366. The van der Waals surface area contributed by atoms with Gasteiger partial charge in [-0.3, -0.25) is 0 Å². The average molecular weight is 115 g/mol. The van der Waals surface area contributed by atoms with Gasteiger partial charge in [-0.15, -0.1) is 5.11 Å². The topological polar surface area (TPSA) is 47.8 Å². The zero-order valence-electron chi connectivity index (χ0n) is 4.87. The SMILES string of the molecule is CC[N+]1([O-])CCN=N1. The molecule has 0 radical (unpaired) electrons. The number of nitrogens with zero attached hydrogens (tertiary/aromatic N) is 3. The second kappa shape index (κ2) is 1.80. The first-order chi connectivity index (χ1) is 3.77. The summed E-state index contributed by atoms with van der Waals surface area (Å²) in [6.07, 6.45) is 0. The van der Waals surface area contributed by atoms with Crippen LogP contribution >= 0.6 is 0 Å². The highest BCUT2D eigenvalue weighted by Gasteiger charge is 2.17. The van der Waals surface area contributed by atoms with Crippen LogP contribution in [0.2, 0.25) is 0 Å². The Hall–Kier alpha value is -0.480. The molecular formula is C4H9N3O. The van der Waals surface area contributed by atoms with Crippen LogP contribution in [0.4, 0.5) is 0 Å². The molecule has 0 aromatic rings. The third-order valence-electron chi connectivity index (χ3n) is 1.27. The molecule has 0 amide bonds. The third kappa shape index (κ3) is 0.850. The molecule has 4 heteroatoms. The zero-order chi connectivity index (χ0) is 6.04. The summed E-state index contributed by atoms with van der Waals surface area (Å²) in [6.45, 7) is 3.44. The summed E-state index contributed by atoms with van der Waals surface area (Å²) >= 11 is 0. The molecule has 1 aliphatic rings. The van der Waals surface area contributed by atoms with E-state index in [1.165, 1.54) is 0 Å². The molecule has 0 spiro atoms. The standard InChI is InChI=1S/C4H9N3O/c1-2-7(8)4-3-5-6-7/h2-4H2,1H3. The Morgan fingerprint density at radius 3 is 2.75 bits per heavy atom. The minimum atomic E-state index is -0.472. The first-order valence-corrected chi connectivity index (χ1v) is 2.74. The Balaban J connectivity index is 2.54. The van der Waals surface area contributed by atoms with E-state index in [9.17, 15) is 5.21 Å². The van der Waals surface area contributed by atoms with E-state index in [1.807, 2.05) is 6.92 Å². The predicted octanol–water partition coefficient (Wildman–Crippen LogP) is 0.702. The van der Waals surface area contributed by atoms with Crippen molar-refractivity contribution in [2.24, 2.45) is 10.3 Å². The van der Waals surface area contributed by atoms with Crippen molar-refractivity contribution in [1.29, 1.82) is 0 Å². The van der Waals surface area contributed by atoms with Crippen molar-refractivity contribution in [2.45, 2.75) is 6.92 Å². The van der Waals surface area contributed by atoms with Gasteiger partial charge in [-0.05, 0) is 6.92 Å². The van der Waals surface area contributed by atoms with Gasteiger partial charge in [0.25, 0.3) is 0 Å². The van der Waals surface area contributed by atoms with Gasteiger partial charge in [-0.2, -0.15) is 0 Å². The van der Waals surface area contributed by atoms with E-state index in [2.05, 4.69) is 10.3 Å². The number of hydrogen-bond donors (Lipinski definition) is 0. The van der Waals surface area contributed by atoms with Gasteiger partial charge < -0.3 is 5.21 Å². The third-order valence-corrected chi connectivity index (χ3v) is 1.27. The van der Waals surface area contributed by atoms with Crippen LogP contribution in [0.15, 0.2) is 10.3 Å². The second-order valence-corrected chi connectivity index (χ2v) is 1.84. The molecule has 0 aromatic carbocycles. The van der Waals surface area contributed by atoms with E-state index in [-0.39, 0.29) is 0 Å². The van der Waals surface area contributed by atoms with Crippen LogP contribution in [-0.2, 0) is 0 Å².